The molecule has 0 radical (unpaired) electrons. The van der Waals surface area contributed by atoms with Crippen molar-refractivity contribution in [2.75, 3.05) is 9.80 Å². The summed E-state index contributed by atoms with van der Waals surface area (Å²) >= 11 is 0. The van der Waals surface area contributed by atoms with Crippen LogP contribution in [-0.4, -0.2) is 6.04 Å². The Kier molecular flexibility index (Phi) is 22.2. The number of rotatable bonds is 25. The van der Waals surface area contributed by atoms with Gasteiger partial charge >= 0.3 is 0 Å². The second-order valence-corrected chi connectivity index (χ2v) is 30.5. The van der Waals surface area contributed by atoms with Gasteiger partial charge in [-0.15, -0.1) is 13.2 Å². The highest BCUT2D eigenvalue weighted by Crippen LogP contribution is 2.44. The first-order valence-electron chi connectivity index (χ1n) is 40.8. The van der Waals surface area contributed by atoms with E-state index in [9.17, 15) is 0 Å². The van der Waals surface area contributed by atoms with E-state index in [1.807, 2.05) is 25.2 Å². The number of hydrogen-bond donors (Lipinski definition) is 0. The molecular formula is C116H92N2. The average molecular weight is 1510 g/mol. The minimum Gasteiger partial charge on any atom is -0.334 e. The van der Waals surface area contributed by atoms with Gasteiger partial charge in [0.2, 0.25) is 0 Å². The first-order valence-corrected chi connectivity index (χ1v) is 40.8. The van der Waals surface area contributed by atoms with Crippen LogP contribution >= 0.6 is 0 Å². The molecule has 1 aliphatic rings. The van der Waals surface area contributed by atoms with Gasteiger partial charge in [-0.1, -0.05) is 366 Å². The molecule has 2 atom stereocenters. The average Bonchev–Trinajstić information content (AvgIpc) is 0.762. The molecule has 16 aromatic rings. The van der Waals surface area contributed by atoms with E-state index in [4.69, 9.17) is 13.2 Å². The minimum atomic E-state index is -0.0542. The van der Waals surface area contributed by atoms with Crippen molar-refractivity contribution >= 4 is 99.9 Å². The van der Waals surface area contributed by atoms with E-state index in [0.29, 0.717) is 0 Å². The Hall–Kier alpha value is -14.7. The SMILES string of the molecule is C=C/C=C(\C(=C)C(=C)/C=C\c1ccc2ccc(-c3ccc(C(/C=C/c4cccc(N(c5ccc(-c6cccc(/C(C)=C/C=C\C)c6)cc5)c5ccc(-c6cc7ccccc7c7ccccc67)cc5)c4)C(C=C)C=C)cc3)cc2c1)N(c1ccc(-c2cc3ccccc3c3ccccc23)cc1)C1C=CC(c2ccccc2-c2ccccc2)=CC1. The smallest absolute Gasteiger partial charge is 0.0560 e. The summed E-state index contributed by atoms with van der Waals surface area (Å²) in [5.41, 5.74) is 26.6. The lowest BCUT2D eigenvalue weighted by molar-refractivity contribution is 0.713. The molecule has 2 nitrogen and oxygen atoms in total. The van der Waals surface area contributed by atoms with Crippen molar-refractivity contribution in [3.63, 3.8) is 0 Å². The van der Waals surface area contributed by atoms with Crippen LogP contribution in [0.1, 0.15) is 54.0 Å². The van der Waals surface area contributed by atoms with Gasteiger partial charge in [0.1, 0.15) is 0 Å². The van der Waals surface area contributed by atoms with Crippen LogP contribution in [0.5, 0.6) is 0 Å². The van der Waals surface area contributed by atoms with E-state index < -0.39 is 0 Å². The monoisotopic (exact) mass is 1510 g/mol. The van der Waals surface area contributed by atoms with Crippen LogP contribution in [0.4, 0.5) is 22.7 Å². The molecule has 0 bridgehead atoms. The Bertz CT molecular complexity index is 6740. The van der Waals surface area contributed by atoms with Crippen molar-refractivity contribution in [1.29, 1.82) is 0 Å². The Morgan fingerprint density at radius 2 is 0.924 bits per heavy atom. The van der Waals surface area contributed by atoms with Crippen LogP contribution in [0.25, 0.3) is 133 Å². The molecule has 17 rings (SSSR count). The predicted octanol–water partition coefficient (Wildman–Crippen LogP) is 32.1. The van der Waals surface area contributed by atoms with Gasteiger partial charge in [-0.2, -0.15) is 0 Å². The minimum absolute atomic E-state index is 0.0211. The standard InChI is InChI=1S/C116H92N2/c1-8-12-29-81(6)94-35-27-36-95(76-94)87-57-65-100(66-58-87)117(101-67-61-92(62-68-101)114-78-97-33-16-18-40-108(97)110-42-22-24-44-112(110)114)104-37-26-30-83(75-104)49-73-105(85(10-3)11-4)90-54-51-86(52-55-90)96-56-53-88-50-48-84(74-99(88)77-96)47-46-80(5)82(7)116(28-9-2)118(102-69-59-91(60-70-102)107-39-21-20-38-106(107)89-31-14-13-15-32-89)103-71-63-93(64-72-103)115-79-98-34-17-19-41-109(98)111-43-23-25-45-113(111)115/h8-69,71-79,85,102,105H,2-5,7,70H2,1,6H3/b12-8-,47-46-,73-49+,81-29+,116-28+. The van der Waals surface area contributed by atoms with Gasteiger partial charge in [-0.3, -0.25) is 0 Å². The third-order valence-electron chi connectivity index (χ3n) is 23.3. The van der Waals surface area contributed by atoms with E-state index in [1.54, 1.807) is 0 Å². The van der Waals surface area contributed by atoms with E-state index >= 15 is 0 Å². The maximum absolute atomic E-state index is 4.82. The fraction of sp³-hybridized carbons (Fsp3) is 0.0517. The number of nitrogens with zero attached hydrogens (tertiary/aromatic N) is 2. The zero-order chi connectivity index (χ0) is 80.4. The predicted molar refractivity (Wildman–Crippen MR) is 513 cm³/mol. The van der Waals surface area contributed by atoms with Crippen molar-refractivity contribution in [2.45, 2.75) is 32.2 Å². The zero-order valence-electron chi connectivity index (χ0n) is 66.9. The maximum Gasteiger partial charge on any atom is 0.0560 e. The summed E-state index contributed by atoms with van der Waals surface area (Å²) in [6, 6.07) is 126. The lowest BCUT2D eigenvalue weighted by Crippen LogP contribution is -2.34. The Balaban J connectivity index is 0.631. The Labute approximate surface area is 695 Å². The molecule has 0 aromatic heterocycles. The molecule has 0 saturated carbocycles. The van der Waals surface area contributed by atoms with E-state index in [-0.39, 0.29) is 17.9 Å². The zero-order valence-corrected chi connectivity index (χ0v) is 66.9. The van der Waals surface area contributed by atoms with Gasteiger partial charge in [-0.25, -0.2) is 0 Å². The van der Waals surface area contributed by atoms with Gasteiger partial charge in [0, 0.05) is 40.3 Å². The number of benzene rings is 16. The second kappa shape index (κ2) is 34.6. The summed E-state index contributed by atoms with van der Waals surface area (Å²) in [5.74, 6) is -0.0513. The quantitative estimate of drug-likeness (QED) is 0.0320. The highest BCUT2D eigenvalue weighted by Gasteiger charge is 2.27. The van der Waals surface area contributed by atoms with Crippen LogP contribution in [0.2, 0.25) is 0 Å². The fourth-order valence-electron chi connectivity index (χ4n) is 17.0. The topological polar surface area (TPSA) is 6.48 Å². The third-order valence-corrected chi connectivity index (χ3v) is 23.3. The molecule has 0 amide bonds. The molecular weight excluding hydrogens is 1420 g/mol. The molecule has 0 heterocycles. The lowest BCUT2D eigenvalue weighted by Gasteiger charge is -2.36. The largest absolute Gasteiger partial charge is 0.334 e. The lowest BCUT2D eigenvalue weighted by atomic mass is 9.84. The van der Waals surface area contributed by atoms with Gasteiger partial charge < -0.3 is 9.80 Å². The molecule has 2 heteroatoms. The summed E-state index contributed by atoms with van der Waals surface area (Å²) in [6.45, 7) is 26.7. The van der Waals surface area contributed by atoms with Crippen molar-refractivity contribution in [1.82, 2.24) is 0 Å². The van der Waals surface area contributed by atoms with Gasteiger partial charge in [-0.05, 0) is 265 Å². The number of anilines is 4. The van der Waals surface area contributed by atoms with Crippen LogP contribution in [0.15, 0.2) is 468 Å². The van der Waals surface area contributed by atoms with Crippen molar-refractivity contribution in [3.05, 3.63) is 496 Å². The highest BCUT2D eigenvalue weighted by molar-refractivity contribution is 6.15. The summed E-state index contributed by atoms with van der Waals surface area (Å²) < 4.78 is 0. The molecule has 0 saturated heterocycles. The summed E-state index contributed by atoms with van der Waals surface area (Å²) in [7, 11) is 0. The highest BCUT2D eigenvalue weighted by atomic mass is 15.2. The second-order valence-electron chi connectivity index (χ2n) is 30.5. The normalized spacial score (nSPS) is 13.4. The maximum atomic E-state index is 4.82. The molecule has 2 unspecified atom stereocenters. The van der Waals surface area contributed by atoms with Crippen molar-refractivity contribution in [3.8, 4) is 55.6 Å². The summed E-state index contributed by atoms with van der Waals surface area (Å²) in [6.07, 6.45) is 30.9. The van der Waals surface area contributed by atoms with Gasteiger partial charge in [0.05, 0.1) is 6.04 Å². The molecule has 0 spiro atoms. The van der Waals surface area contributed by atoms with Crippen LogP contribution in [0, 0.1) is 5.92 Å². The van der Waals surface area contributed by atoms with Crippen LogP contribution in [-0.2, 0) is 0 Å². The summed E-state index contributed by atoms with van der Waals surface area (Å²) in [5, 5.41) is 12.2. The molecule has 0 aliphatic heterocycles. The van der Waals surface area contributed by atoms with E-state index in [0.717, 1.165) is 90.2 Å². The number of fused-ring (bicyclic) bond motifs is 7. The van der Waals surface area contributed by atoms with Crippen molar-refractivity contribution in [2.24, 2.45) is 5.92 Å². The van der Waals surface area contributed by atoms with Crippen molar-refractivity contribution < 1.29 is 0 Å². The molecule has 1 aliphatic carbocycles. The van der Waals surface area contributed by atoms with Crippen LogP contribution < -0.4 is 9.80 Å². The van der Waals surface area contributed by atoms with Gasteiger partial charge in [0.25, 0.3) is 0 Å². The molecule has 16 aromatic carbocycles. The number of allylic oxidation sites excluding steroid dienone is 13. The number of hydrogen-bond acceptors (Lipinski definition) is 2. The molecule has 0 fully saturated rings. The molecule has 0 N–H and O–H groups in total. The first kappa shape index (κ1) is 76.0. The van der Waals surface area contributed by atoms with Gasteiger partial charge in [0.15, 0.2) is 0 Å². The Morgan fingerprint density at radius 1 is 0.398 bits per heavy atom. The fourth-order valence-corrected chi connectivity index (χ4v) is 17.0. The Morgan fingerprint density at radius 3 is 1.54 bits per heavy atom. The third kappa shape index (κ3) is 15.9. The molecule has 118 heavy (non-hydrogen) atoms. The summed E-state index contributed by atoms with van der Waals surface area (Å²) in [4.78, 5) is 4.78. The van der Waals surface area contributed by atoms with Crippen LogP contribution in [0.3, 0.4) is 0 Å². The van der Waals surface area contributed by atoms with E-state index in [2.05, 4.69) is 449 Å². The molecule has 566 valence electrons. The van der Waals surface area contributed by atoms with E-state index in [1.165, 1.54) is 104 Å². The first-order chi connectivity index (χ1) is 58.1.